The fourth-order valence-electron chi connectivity index (χ4n) is 3.69. The van der Waals surface area contributed by atoms with E-state index in [0.717, 1.165) is 18.9 Å². The molecule has 26 heavy (non-hydrogen) atoms. The van der Waals surface area contributed by atoms with Crippen molar-refractivity contribution >= 4 is 38.5 Å². The van der Waals surface area contributed by atoms with Crippen molar-refractivity contribution in [2.24, 2.45) is 11.7 Å². The molecule has 2 unspecified atom stereocenters. The lowest BCUT2D eigenvalue weighted by atomic mass is 10.1. The average Bonchev–Trinajstić information content (AvgIpc) is 3.35. The lowest BCUT2D eigenvalue weighted by molar-refractivity contribution is 0.0695. The maximum absolute atomic E-state index is 14.9. The maximum atomic E-state index is 14.9. The van der Waals surface area contributed by atoms with Gasteiger partial charge in [-0.25, -0.2) is 9.18 Å². The summed E-state index contributed by atoms with van der Waals surface area (Å²) < 4.78 is 17.2. The molecule has 3 N–H and O–H groups in total. The van der Waals surface area contributed by atoms with Crippen molar-refractivity contribution in [3.63, 3.8) is 0 Å². The first-order valence-electron chi connectivity index (χ1n) is 8.60. The zero-order valence-electron chi connectivity index (χ0n) is 14.2. The van der Waals surface area contributed by atoms with Gasteiger partial charge in [0, 0.05) is 31.4 Å². The molecule has 6 nitrogen and oxygen atoms in total. The van der Waals surface area contributed by atoms with E-state index in [1.54, 1.807) is 4.57 Å². The Morgan fingerprint density at radius 3 is 2.62 bits per heavy atom. The van der Waals surface area contributed by atoms with Crippen LogP contribution in [0.1, 0.15) is 36.2 Å². The number of carbonyl (C=O) groups is 1. The number of anilines is 1. The van der Waals surface area contributed by atoms with E-state index in [-0.39, 0.29) is 29.0 Å². The van der Waals surface area contributed by atoms with Gasteiger partial charge in [0.05, 0.1) is 21.1 Å². The first-order chi connectivity index (χ1) is 12.3. The molecule has 8 heteroatoms. The predicted octanol–water partition coefficient (Wildman–Crippen LogP) is 2.72. The van der Waals surface area contributed by atoms with Gasteiger partial charge in [0.2, 0.25) is 5.43 Å². The molecule has 4 rings (SSSR count). The molecule has 0 amide bonds. The molecular formula is C18H19BrFN3O3. The van der Waals surface area contributed by atoms with Crippen molar-refractivity contribution in [3.8, 4) is 0 Å². The number of hydrogen-bond acceptors (Lipinski definition) is 4. The number of hydrogen-bond donors (Lipinski definition) is 2. The highest BCUT2D eigenvalue weighted by Crippen LogP contribution is 2.43. The predicted molar refractivity (Wildman–Crippen MR) is 100 cm³/mol. The van der Waals surface area contributed by atoms with Crippen LogP contribution in [0.5, 0.6) is 0 Å². The molecule has 2 heterocycles. The van der Waals surface area contributed by atoms with Crippen molar-refractivity contribution in [3.05, 3.63) is 38.3 Å². The molecule has 0 spiro atoms. The number of benzene rings is 1. The number of halogens is 2. The van der Waals surface area contributed by atoms with Gasteiger partial charge < -0.3 is 20.3 Å². The van der Waals surface area contributed by atoms with Gasteiger partial charge in [-0.1, -0.05) is 6.92 Å². The van der Waals surface area contributed by atoms with Crippen molar-refractivity contribution in [1.29, 1.82) is 0 Å². The quantitative estimate of drug-likeness (QED) is 0.791. The van der Waals surface area contributed by atoms with Crippen LogP contribution < -0.4 is 16.1 Å². The molecule has 1 aromatic heterocycles. The second kappa shape index (κ2) is 6.06. The van der Waals surface area contributed by atoms with Gasteiger partial charge in [-0.15, -0.1) is 0 Å². The second-order valence-electron chi connectivity index (χ2n) is 7.28. The summed E-state index contributed by atoms with van der Waals surface area (Å²) >= 11 is 3.50. The zero-order valence-corrected chi connectivity index (χ0v) is 15.8. The third-order valence-corrected chi connectivity index (χ3v) is 6.09. The molecule has 2 fully saturated rings. The van der Waals surface area contributed by atoms with Crippen LogP contribution in [-0.2, 0) is 0 Å². The minimum atomic E-state index is -1.30. The number of pyridine rings is 1. The monoisotopic (exact) mass is 423 g/mol. The topological polar surface area (TPSA) is 88.6 Å². The van der Waals surface area contributed by atoms with E-state index in [1.807, 2.05) is 11.8 Å². The summed E-state index contributed by atoms with van der Waals surface area (Å²) in [6.07, 6.45) is 3.19. The summed E-state index contributed by atoms with van der Waals surface area (Å²) in [4.78, 5) is 25.9. The van der Waals surface area contributed by atoms with E-state index < -0.39 is 17.2 Å². The third kappa shape index (κ3) is 2.63. The molecule has 2 aromatic rings. The molecule has 0 bridgehead atoms. The molecule has 138 valence electrons. The number of carboxylic acid groups (broad SMARTS) is 1. The highest BCUT2D eigenvalue weighted by atomic mass is 79.9. The average molecular weight is 424 g/mol. The molecule has 1 aliphatic heterocycles. The Morgan fingerprint density at radius 1 is 1.38 bits per heavy atom. The molecular weight excluding hydrogens is 405 g/mol. The summed E-state index contributed by atoms with van der Waals surface area (Å²) in [5.41, 5.74) is 6.02. The summed E-state index contributed by atoms with van der Waals surface area (Å²) in [5, 5.41) is 9.42. The lowest BCUT2D eigenvalue weighted by Gasteiger charge is -2.23. The van der Waals surface area contributed by atoms with E-state index >= 15 is 0 Å². The van der Waals surface area contributed by atoms with Crippen molar-refractivity contribution in [1.82, 2.24) is 4.57 Å². The van der Waals surface area contributed by atoms with E-state index in [2.05, 4.69) is 15.9 Å². The van der Waals surface area contributed by atoms with E-state index in [1.165, 1.54) is 6.20 Å². The Bertz CT molecular complexity index is 976. The minimum Gasteiger partial charge on any atom is -0.477 e. The Balaban J connectivity index is 2.00. The van der Waals surface area contributed by atoms with Crippen LogP contribution in [0.3, 0.4) is 0 Å². The van der Waals surface area contributed by atoms with E-state index in [9.17, 15) is 19.1 Å². The first kappa shape index (κ1) is 17.5. The molecule has 2 aliphatic rings. The SMILES string of the molecule is CC1CN(c2c(F)cc3c(=O)c(C(=O)O)cn(C4CC4)c3c2Br)CC1N. The van der Waals surface area contributed by atoms with Crippen LogP contribution >= 0.6 is 15.9 Å². The number of fused-ring (bicyclic) bond motifs is 1. The van der Waals surface area contributed by atoms with Crippen LogP contribution in [0.15, 0.2) is 21.5 Å². The van der Waals surface area contributed by atoms with Gasteiger partial charge in [0.25, 0.3) is 0 Å². The Labute approximate surface area is 157 Å². The highest BCUT2D eigenvalue weighted by Gasteiger charge is 2.33. The van der Waals surface area contributed by atoms with Gasteiger partial charge in [-0.05, 0) is 40.8 Å². The minimum absolute atomic E-state index is 0.0444. The highest BCUT2D eigenvalue weighted by molar-refractivity contribution is 9.10. The molecule has 1 aromatic carbocycles. The standard InChI is InChI=1S/C18H19BrFN3O3/c1-8-5-22(7-13(8)21)16-12(20)4-10-15(14(16)19)23(9-2-3-9)6-11(17(10)24)18(25)26/h4,6,8-9,13H,2-3,5,7,21H2,1H3,(H,25,26). The normalized spacial score (nSPS) is 23.0. The summed E-state index contributed by atoms with van der Waals surface area (Å²) in [5.74, 6) is -1.61. The summed E-state index contributed by atoms with van der Waals surface area (Å²) in [7, 11) is 0. The van der Waals surface area contributed by atoms with Crippen molar-refractivity contribution in [2.75, 3.05) is 18.0 Å². The van der Waals surface area contributed by atoms with Gasteiger partial charge in [-0.2, -0.15) is 0 Å². The second-order valence-corrected chi connectivity index (χ2v) is 8.07. The third-order valence-electron chi connectivity index (χ3n) is 5.34. The van der Waals surface area contributed by atoms with Gasteiger partial charge in [-0.3, -0.25) is 4.79 Å². The number of aromatic carboxylic acids is 1. The molecule has 2 atom stereocenters. The Morgan fingerprint density at radius 2 is 2.08 bits per heavy atom. The summed E-state index contributed by atoms with van der Waals surface area (Å²) in [6.45, 7) is 3.18. The van der Waals surface area contributed by atoms with Crippen LogP contribution in [0, 0.1) is 11.7 Å². The zero-order chi connectivity index (χ0) is 18.7. The van der Waals surface area contributed by atoms with E-state index in [0.29, 0.717) is 28.8 Å². The van der Waals surface area contributed by atoms with Gasteiger partial charge >= 0.3 is 5.97 Å². The first-order valence-corrected chi connectivity index (χ1v) is 9.39. The van der Waals surface area contributed by atoms with Crippen molar-refractivity contribution in [2.45, 2.75) is 31.8 Å². The van der Waals surface area contributed by atoms with Crippen LogP contribution in [0.25, 0.3) is 10.9 Å². The van der Waals surface area contributed by atoms with Crippen LogP contribution in [-0.4, -0.2) is 34.8 Å². The molecule has 1 aliphatic carbocycles. The van der Waals surface area contributed by atoms with Gasteiger partial charge in [0.15, 0.2) is 0 Å². The lowest BCUT2D eigenvalue weighted by Crippen LogP contribution is -2.29. The largest absolute Gasteiger partial charge is 0.477 e. The number of rotatable bonds is 3. The fraction of sp³-hybridized carbons (Fsp3) is 0.444. The fourth-order valence-corrected chi connectivity index (χ4v) is 4.55. The smallest absolute Gasteiger partial charge is 0.341 e. The van der Waals surface area contributed by atoms with Gasteiger partial charge in [0.1, 0.15) is 11.4 Å². The Kier molecular flexibility index (Phi) is 4.07. The maximum Gasteiger partial charge on any atom is 0.341 e. The molecule has 1 saturated heterocycles. The van der Waals surface area contributed by atoms with Crippen molar-refractivity contribution < 1.29 is 14.3 Å². The van der Waals surface area contributed by atoms with Crippen LogP contribution in [0.2, 0.25) is 0 Å². The molecule has 0 radical (unpaired) electrons. The number of aromatic nitrogens is 1. The number of nitrogens with two attached hydrogens (primary N) is 1. The number of nitrogens with zero attached hydrogens (tertiary/aromatic N) is 2. The van der Waals surface area contributed by atoms with E-state index in [4.69, 9.17) is 5.73 Å². The Hall–Kier alpha value is -1.93. The number of carboxylic acids is 1. The molecule has 1 saturated carbocycles. The summed E-state index contributed by atoms with van der Waals surface area (Å²) in [6, 6.07) is 1.25. The van der Waals surface area contributed by atoms with Crippen LogP contribution in [0.4, 0.5) is 10.1 Å².